The highest BCUT2D eigenvalue weighted by Gasteiger charge is 2.20. The van der Waals surface area contributed by atoms with Crippen LogP contribution in [0.4, 0.5) is 0 Å². The summed E-state index contributed by atoms with van der Waals surface area (Å²) in [7, 11) is 3.06. The largest absolute Gasteiger partial charge is 0.506 e. The number of carbonyl (C=O) groups is 6. The lowest BCUT2D eigenvalue weighted by Gasteiger charge is -2.19. The van der Waals surface area contributed by atoms with Crippen LogP contribution in [0.15, 0.2) is 315 Å². The van der Waals surface area contributed by atoms with Crippen LogP contribution >= 0.6 is 73.9 Å². The molecule has 15 rings (SSSR count). The number of aryl methyl sites for hydroxylation is 1. The second-order valence-electron chi connectivity index (χ2n) is 30.5. The van der Waals surface area contributed by atoms with Gasteiger partial charge in [-0.15, -0.1) is 0 Å². The van der Waals surface area contributed by atoms with Gasteiger partial charge in [-0.1, -0.05) is 218 Å². The van der Waals surface area contributed by atoms with E-state index in [2.05, 4.69) is 114 Å². The first-order valence-corrected chi connectivity index (χ1v) is 43.9. The Balaban J connectivity index is 0.000000165. The van der Waals surface area contributed by atoms with Gasteiger partial charge in [0.2, 0.25) is 5.75 Å². The molecule has 0 aliphatic rings. The van der Waals surface area contributed by atoms with Crippen LogP contribution in [0, 0.1) is 6.92 Å². The Morgan fingerprint density at radius 1 is 0.365 bits per heavy atom. The van der Waals surface area contributed by atoms with Crippen LogP contribution < -0.4 is 50.8 Å². The molecule has 15 aromatic carbocycles. The number of aromatic hydroxyl groups is 6. The van der Waals surface area contributed by atoms with E-state index >= 15 is 0 Å². The lowest BCUT2D eigenvalue weighted by atomic mass is 9.87. The molecular formula is C104H86BrCl5N10O17. The first kappa shape index (κ1) is 102. The van der Waals surface area contributed by atoms with E-state index < -0.39 is 35.5 Å². The van der Waals surface area contributed by atoms with Crippen molar-refractivity contribution in [3.05, 3.63) is 387 Å². The summed E-state index contributed by atoms with van der Waals surface area (Å²) in [5.74, 6) is 0.343. The number of nitrogens with one attached hydrogen (secondary N) is 5. The minimum absolute atomic E-state index is 0.0668. The number of hydrogen-bond donors (Lipinski definition) is 11. The molecular weight excluding hydrogens is 1920 g/mol. The minimum Gasteiger partial charge on any atom is -0.506 e. The molecule has 696 valence electrons. The number of phenolic OH excluding ortho intramolecular Hbond substituents is 6. The zero-order chi connectivity index (χ0) is 98.4. The van der Waals surface area contributed by atoms with Gasteiger partial charge in [-0.05, 0) is 218 Å². The first-order chi connectivity index (χ1) is 65.7. The van der Waals surface area contributed by atoms with E-state index in [1.165, 1.54) is 148 Å². The lowest BCUT2D eigenvalue weighted by molar-refractivity contribution is -0.131. The molecule has 0 radical (unpaired) electrons. The van der Waals surface area contributed by atoms with Crippen molar-refractivity contribution in [2.45, 2.75) is 46.6 Å². The number of halogens is 6. The number of rotatable bonds is 23. The van der Waals surface area contributed by atoms with Gasteiger partial charge in [-0.3, -0.25) is 28.8 Å². The molecule has 0 fully saturated rings. The highest BCUT2D eigenvalue weighted by Crippen LogP contribution is 2.40. The molecule has 0 atom stereocenters. The fraction of sp³-hybridized carbons (Fsp3) is 0.0865. The highest BCUT2D eigenvalue weighted by atomic mass is 79.9. The topological polar surface area (TPSA) is 392 Å². The summed E-state index contributed by atoms with van der Waals surface area (Å²) in [5.41, 5.74) is 20.8. The smallest absolute Gasteiger partial charge is 0.308 e. The third-order valence-corrected chi connectivity index (χ3v) is 21.9. The molecule has 0 heterocycles. The van der Waals surface area contributed by atoms with Gasteiger partial charge in [0.05, 0.1) is 74.9 Å². The molecule has 0 aromatic heterocycles. The van der Waals surface area contributed by atoms with Crippen LogP contribution in [-0.4, -0.2) is 111 Å². The molecule has 137 heavy (non-hydrogen) atoms. The summed E-state index contributed by atoms with van der Waals surface area (Å²) < 4.78 is 28.5. The molecule has 5 amide bonds. The molecule has 15 aromatic rings. The van der Waals surface area contributed by atoms with Gasteiger partial charge >= 0.3 is 5.97 Å². The number of phenols is 6. The SMILES string of the molecule is CC(=O)Oc1ccc(/C=N/NC(=O)c2ccc(O)c(Cl)c2)c2ccccc12.CC(C)(C)c1ccc(Oc2cccc(/C=N/NC(=O)c3ccc(O)c(Cl)c3)c2)cc1.COc1cc(/C=N/NC(=O)c2ccc(O)c(Cl)c2)cc(OC)c1OCc1ccccc1.Cc1ccc(/C=N/NC(=O)c2ccc(O)c(Cl)c2)c2ccccc12.O=C(N/N=C/c1cc(Br)c(O)c2ccccc12)c1ccc(O)c(Cl)c1. The monoisotopic (exact) mass is 2000 g/mol. The molecule has 0 saturated heterocycles. The Labute approximate surface area is 819 Å². The maximum Gasteiger partial charge on any atom is 0.308 e. The third-order valence-electron chi connectivity index (χ3n) is 19.8. The van der Waals surface area contributed by atoms with Crippen molar-refractivity contribution in [2.24, 2.45) is 25.5 Å². The molecule has 11 N–H and O–H groups in total. The Kier molecular flexibility index (Phi) is 36.2. The predicted octanol–water partition coefficient (Wildman–Crippen LogP) is 22.9. The molecule has 0 bridgehead atoms. The Morgan fingerprint density at radius 2 is 0.737 bits per heavy atom. The van der Waals surface area contributed by atoms with Crippen LogP contribution in [0.3, 0.4) is 0 Å². The van der Waals surface area contributed by atoms with Gasteiger partial charge in [0.25, 0.3) is 29.5 Å². The van der Waals surface area contributed by atoms with E-state index in [9.17, 15) is 59.4 Å². The number of hydrogen-bond acceptors (Lipinski definition) is 22. The average Bonchev–Trinajstić information content (AvgIpc) is 0.809. The van der Waals surface area contributed by atoms with Crippen molar-refractivity contribution < 1.29 is 83.1 Å². The fourth-order valence-corrected chi connectivity index (χ4v) is 14.1. The van der Waals surface area contributed by atoms with E-state index in [-0.39, 0.29) is 81.7 Å². The van der Waals surface area contributed by atoms with Crippen LogP contribution in [0.2, 0.25) is 25.1 Å². The Bertz CT molecular complexity index is 7100. The number of nitrogens with zero attached hydrogens (tertiary/aromatic N) is 5. The Morgan fingerprint density at radius 3 is 1.15 bits per heavy atom. The normalized spacial score (nSPS) is 11.0. The molecule has 27 nitrogen and oxygen atoms in total. The van der Waals surface area contributed by atoms with E-state index in [4.69, 9.17) is 81.7 Å². The van der Waals surface area contributed by atoms with Crippen molar-refractivity contribution in [3.8, 4) is 69.0 Å². The van der Waals surface area contributed by atoms with Crippen molar-refractivity contribution in [3.63, 3.8) is 0 Å². The zero-order valence-electron chi connectivity index (χ0n) is 73.9. The summed E-state index contributed by atoms with van der Waals surface area (Å²) in [6.07, 6.45) is 7.58. The number of ether oxygens (including phenoxy) is 5. The second kappa shape index (κ2) is 48.7. The number of benzene rings is 15. The Hall–Kier alpha value is -15.8. The minimum atomic E-state index is -0.472. The van der Waals surface area contributed by atoms with Crippen LogP contribution in [0.1, 0.15) is 124 Å². The van der Waals surface area contributed by atoms with Gasteiger partial charge in [-0.2, -0.15) is 25.5 Å². The molecule has 0 unspecified atom stereocenters. The van der Waals surface area contributed by atoms with Crippen molar-refractivity contribution in [1.82, 2.24) is 27.1 Å². The quantitative estimate of drug-likeness (QED) is 0.0123. The third kappa shape index (κ3) is 28.9. The molecule has 0 aliphatic heterocycles. The number of carbonyl (C=O) groups excluding carboxylic acids is 6. The number of esters is 1. The summed E-state index contributed by atoms with van der Waals surface area (Å²) in [5, 5.41) is 82.8. The number of amides is 5. The van der Waals surface area contributed by atoms with E-state index in [0.717, 1.165) is 60.5 Å². The maximum absolute atomic E-state index is 12.2. The van der Waals surface area contributed by atoms with Gasteiger partial charge in [0.15, 0.2) is 11.5 Å². The summed E-state index contributed by atoms with van der Waals surface area (Å²) >= 11 is 32.3. The van der Waals surface area contributed by atoms with Crippen molar-refractivity contribution in [2.75, 3.05) is 14.2 Å². The number of hydrazone groups is 5. The lowest BCUT2D eigenvalue weighted by Crippen LogP contribution is -2.17. The van der Waals surface area contributed by atoms with Gasteiger partial charge in [0, 0.05) is 67.8 Å². The summed E-state index contributed by atoms with van der Waals surface area (Å²) in [6.45, 7) is 10.3. The molecule has 0 aliphatic carbocycles. The maximum atomic E-state index is 12.2. The second-order valence-corrected chi connectivity index (χ2v) is 33.3. The van der Waals surface area contributed by atoms with Gasteiger partial charge < -0.3 is 54.3 Å². The number of methoxy groups -OCH3 is 2. The predicted molar refractivity (Wildman–Crippen MR) is 540 cm³/mol. The van der Waals surface area contributed by atoms with Gasteiger partial charge in [0.1, 0.15) is 58.4 Å². The zero-order valence-corrected chi connectivity index (χ0v) is 79.3. The molecule has 0 spiro atoms. The standard InChI is InChI=1S/C24H23ClN2O3.C23H21ClN2O5.C20H15ClN2O4.C19H15ClN2O2.C18H12BrClN2O3/c1-24(2,3)18-8-10-19(11-9-18)30-20-6-4-5-16(13-20)15-26-27-23(29)17-7-12-22(28)21(25)14-17;1-29-20-10-16(13-25-26-23(28)17-8-9-19(27)18(24)12-17)11-21(30-2)22(20)31-14-15-6-4-3-5-7-15;1-12(24)27-19-9-7-14(15-4-2-3-5-16(15)19)11-22-23-20(26)13-6-8-18(25)17(21)10-13;1-12-6-7-14(16-5-3-2-4-15(12)16)11-21-22-19(24)13-8-9-18(23)17(20)10-13;19-14-7-11(12-3-1-2-4-13(12)17(14)24)9-21-22-18(25)10-5-6-16(23)15(20)8-10/h4-15,28H,1-3H3,(H,27,29);3-13,27H,14H2,1-2H3,(H,26,28);2-11,25H,1H3,(H,23,26);2-11,23H,1H3,(H,22,24);1-9,23-24H,(H,22,25)/b26-15+;25-13+;22-11+;21-11+;21-9+. The van der Waals surface area contributed by atoms with E-state index in [0.29, 0.717) is 61.9 Å². The van der Waals surface area contributed by atoms with Crippen LogP contribution in [-0.2, 0) is 16.8 Å². The van der Waals surface area contributed by atoms with Crippen molar-refractivity contribution >= 4 is 173 Å². The fourth-order valence-electron chi connectivity index (χ4n) is 12.7. The van der Waals surface area contributed by atoms with Crippen LogP contribution in [0.5, 0.6) is 69.0 Å². The average molecular weight is 2010 g/mol. The van der Waals surface area contributed by atoms with Gasteiger partial charge in [-0.25, -0.2) is 27.1 Å². The summed E-state index contributed by atoms with van der Waals surface area (Å²) in [4.78, 5) is 71.8. The first-order valence-electron chi connectivity index (χ1n) is 41.2. The summed E-state index contributed by atoms with van der Waals surface area (Å²) in [6, 6.07) is 81.3. The van der Waals surface area contributed by atoms with Crippen molar-refractivity contribution in [1.29, 1.82) is 0 Å². The molecule has 33 heteroatoms. The molecule has 0 saturated carbocycles. The highest BCUT2D eigenvalue weighted by molar-refractivity contribution is 9.10. The number of fused-ring (bicyclic) bond motifs is 3. The van der Waals surface area contributed by atoms with Crippen LogP contribution in [0.25, 0.3) is 32.3 Å². The van der Waals surface area contributed by atoms with E-state index in [1.807, 2.05) is 140 Å². The van der Waals surface area contributed by atoms with E-state index in [1.54, 1.807) is 42.6 Å².